The predicted molar refractivity (Wildman–Crippen MR) is 148 cm³/mol. The molecule has 2 aromatic carbocycles. The zero-order valence-electron chi connectivity index (χ0n) is 22.7. The molecule has 0 spiro atoms. The number of carboxylic acids is 1. The minimum absolute atomic E-state index is 0.0209. The predicted octanol–water partition coefficient (Wildman–Crippen LogP) is 6.88. The van der Waals surface area contributed by atoms with E-state index in [1.165, 1.54) is 16.6 Å². The van der Waals surface area contributed by atoms with Crippen LogP contribution in [0.25, 0.3) is 5.69 Å². The first-order valence-electron chi connectivity index (χ1n) is 13.4. The van der Waals surface area contributed by atoms with Gasteiger partial charge in [-0.25, -0.2) is 9.48 Å². The SMILES string of the molecule is Cc1cc(C2CC2c2c(C(=O)O)cnn2-c2cccc(CN3CC(C)Cc4cc(C(F)(F)F)ccc4S3(O)O)c2)on1. The van der Waals surface area contributed by atoms with Crippen molar-refractivity contribution in [3.05, 3.63) is 94.1 Å². The minimum atomic E-state index is -4.53. The number of nitrogens with zero attached hydrogens (tertiary/aromatic N) is 4. The van der Waals surface area contributed by atoms with Crippen LogP contribution in [0.1, 0.15) is 69.4 Å². The second kappa shape index (κ2) is 10.3. The summed E-state index contributed by atoms with van der Waals surface area (Å²) in [5.74, 6) is -0.699. The normalized spacial score (nSPS) is 22.8. The van der Waals surface area contributed by atoms with E-state index in [-0.39, 0.29) is 53.3 Å². The van der Waals surface area contributed by atoms with E-state index in [1.54, 1.807) is 28.9 Å². The molecule has 0 bridgehead atoms. The summed E-state index contributed by atoms with van der Waals surface area (Å²) in [7, 11) is -3.60. The molecule has 1 aliphatic heterocycles. The van der Waals surface area contributed by atoms with Crippen LogP contribution in [0.15, 0.2) is 64.1 Å². The lowest BCUT2D eigenvalue weighted by molar-refractivity contribution is -0.137. The van der Waals surface area contributed by atoms with Crippen LogP contribution in [0.3, 0.4) is 0 Å². The summed E-state index contributed by atoms with van der Waals surface area (Å²) in [4.78, 5) is 12.2. The van der Waals surface area contributed by atoms with Crippen LogP contribution in [0, 0.1) is 12.8 Å². The van der Waals surface area contributed by atoms with Crippen molar-refractivity contribution < 1.29 is 36.7 Å². The maximum absolute atomic E-state index is 13.4. The van der Waals surface area contributed by atoms with Gasteiger partial charge in [0.2, 0.25) is 0 Å². The molecule has 9 nitrogen and oxygen atoms in total. The smallest absolute Gasteiger partial charge is 0.416 e. The quantitative estimate of drug-likeness (QED) is 0.218. The molecule has 222 valence electrons. The lowest BCUT2D eigenvalue weighted by Crippen LogP contribution is -2.30. The van der Waals surface area contributed by atoms with Gasteiger partial charge in [0.05, 0.1) is 33.7 Å². The summed E-state index contributed by atoms with van der Waals surface area (Å²) < 4.78 is 71.3. The molecule has 3 heterocycles. The zero-order chi connectivity index (χ0) is 30.0. The first-order valence-corrected chi connectivity index (χ1v) is 14.9. The summed E-state index contributed by atoms with van der Waals surface area (Å²) in [5.41, 5.74) is 2.13. The average Bonchev–Trinajstić information content (AvgIpc) is 3.39. The number of carbonyl (C=O) groups is 1. The van der Waals surface area contributed by atoms with Crippen molar-refractivity contribution in [3.63, 3.8) is 0 Å². The van der Waals surface area contributed by atoms with Crippen molar-refractivity contribution in [1.29, 1.82) is 0 Å². The molecule has 0 radical (unpaired) electrons. The molecule has 2 aromatic heterocycles. The lowest BCUT2D eigenvalue weighted by atomic mass is 9.99. The second-order valence-corrected chi connectivity index (χ2v) is 13.1. The second-order valence-electron chi connectivity index (χ2n) is 11.1. The molecule has 1 saturated carbocycles. The maximum atomic E-state index is 13.4. The number of aromatic nitrogens is 3. The number of benzene rings is 2. The van der Waals surface area contributed by atoms with Crippen LogP contribution in [0.2, 0.25) is 0 Å². The summed E-state index contributed by atoms with van der Waals surface area (Å²) in [6.45, 7) is 4.03. The molecular weight excluding hydrogens is 573 g/mol. The first-order chi connectivity index (χ1) is 19.8. The molecule has 13 heteroatoms. The average molecular weight is 603 g/mol. The molecule has 0 saturated heterocycles. The fourth-order valence-electron chi connectivity index (χ4n) is 5.81. The molecule has 4 aromatic rings. The van der Waals surface area contributed by atoms with Crippen LogP contribution in [0.4, 0.5) is 13.2 Å². The Morgan fingerprint density at radius 3 is 2.62 bits per heavy atom. The van der Waals surface area contributed by atoms with Crippen LogP contribution < -0.4 is 0 Å². The van der Waals surface area contributed by atoms with Crippen molar-refractivity contribution in [2.24, 2.45) is 5.92 Å². The number of hydrogen-bond donors (Lipinski definition) is 3. The number of rotatable bonds is 6. The Hall–Kier alpha value is -3.65. The molecular formula is C29H29F3N4O5S. The molecule has 6 rings (SSSR count). The van der Waals surface area contributed by atoms with Crippen molar-refractivity contribution >= 4 is 16.7 Å². The van der Waals surface area contributed by atoms with Crippen LogP contribution in [-0.2, 0) is 19.1 Å². The van der Waals surface area contributed by atoms with Crippen LogP contribution >= 0.6 is 10.8 Å². The van der Waals surface area contributed by atoms with E-state index in [9.17, 15) is 32.2 Å². The number of halogens is 3. The van der Waals surface area contributed by atoms with Crippen molar-refractivity contribution in [2.75, 3.05) is 6.54 Å². The van der Waals surface area contributed by atoms with Gasteiger partial charge in [-0.1, -0.05) is 24.2 Å². The highest BCUT2D eigenvalue weighted by atomic mass is 32.3. The maximum Gasteiger partial charge on any atom is 0.416 e. The van der Waals surface area contributed by atoms with E-state index in [0.29, 0.717) is 29.1 Å². The Balaban J connectivity index is 1.31. The standard InChI is InChI=1S/C29H29F3N4O5S/c1-16-8-19-11-20(29(30,31)32)6-7-26(19)42(39,40)35(14-16)15-18-4-3-5-21(10-18)36-27(24(13-33-36)28(37)38)23-12-22(23)25-9-17(2)34-41-25/h3-7,9-11,13,16,22-23,39-40H,8,12,14-15H2,1-2H3,(H,37,38). The van der Waals surface area contributed by atoms with Crippen LogP contribution in [-0.4, -0.2) is 46.0 Å². The molecule has 3 unspecified atom stereocenters. The lowest BCUT2D eigenvalue weighted by Gasteiger charge is -2.43. The Labute approximate surface area is 241 Å². The highest BCUT2D eigenvalue weighted by Gasteiger charge is 2.46. The monoisotopic (exact) mass is 602 g/mol. The Bertz CT molecular complexity index is 1670. The number of aromatic carboxylic acids is 1. The van der Waals surface area contributed by atoms with Crippen LogP contribution in [0.5, 0.6) is 0 Å². The van der Waals surface area contributed by atoms with Gasteiger partial charge in [0.25, 0.3) is 0 Å². The number of hydrogen-bond acceptors (Lipinski definition) is 7. The third kappa shape index (κ3) is 5.21. The van der Waals surface area contributed by atoms with E-state index < -0.39 is 28.5 Å². The molecule has 1 aliphatic carbocycles. The van der Waals surface area contributed by atoms with Gasteiger partial charge < -0.3 is 9.63 Å². The Morgan fingerprint density at radius 1 is 1.14 bits per heavy atom. The van der Waals surface area contributed by atoms with Gasteiger partial charge in [-0.05, 0) is 67.1 Å². The van der Waals surface area contributed by atoms with Gasteiger partial charge in [-0.15, -0.1) is 10.8 Å². The summed E-state index contributed by atoms with van der Waals surface area (Å²) in [6, 6.07) is 12.1. The third-order valence-corrected chi connectivity index (χ3v) is 9.82. The molecule has 1 fully saturated rings. The summed E-state index contributed by atoms with van der Waals surface area (Å²) >= 11 is 0. The van der Waals surface area contributed by atoms with Crippen molar-refractivity contribution in [2.45, 2.75) is 56.1 Å². The third-order valence-electron chi connectivity index (χ3n) is 7.83. The highest BCUT2D eigenvalue weighted by Crippen LogP contribution is 2.57. The van der Waals surface area contributed by atoms with Gasteiger partial charge >= 0.3 is 12.1 Å². The van der Waals surface area contributed by atoms with Gasteiger partial charge in [0, 0.05) is 31.0 Å². The number of aryl methyl sites for hydroxylation is 1. The summed E-state index contributed by atoms with van der Waals surface area (Å²) in [5, 5.41) is 18.2. The number of alkyl halides is 3. The summed E-state index contributed by atoms with van der Waals surface area (Å²) in [6.07, 6.45) is -2.26. The van der Waals surface area contributed by atoms with E-state index in [0.717, 1.165) is 17.8 Å². The topological polar surface area (TPSA) is 125 Å². The highest BCUT2D eigenvalue weighted by molar-refractivity contribution is 8.22. The van der Waals surface area contributed by atoms with Gasteiger partial charge in [0.15, 0.2) is 0 Å². The van der Waals surface area contributed by atoms with E-state index >= 15 is 0 Å². The fourth-order valence-corrected chi connectivity index (χ4v) is 7.63. The van der Waals surface area contributed by atoms with E-state index in [4.69, 9.17) is 4.52 Å². The van der Waals surface area contributed by atoms with Gasteiger partial charge in [-0.2, -0.15) is 22.6 Å². The number of carboxylic acid groups (broad SMARTS) is 1. The molecule has 3 N–H and O–H groups in total. The number of fused-ring (bicyclic) bond motifs is 1. The van der Waals surface area contributed by atoms with E-state index in [2.05, 4.69) is 10.3 Å². The molecule has 3 atom stereocenters. The molecule has 0 amide bonds. The molecule has 42 heavy (non-hydrogen) atoms. The Morgan fingerprint density at radius 2 is 1.93 bits per heavy atom. The first kappa shape index (κ1) is 28.5. The van der Waals surface area contributed by atoms with Gasteiger partial charge in [0.1, 0.15) is 11.3 Å². The van der Waals surface area contributed by atoms with Crippen molar-refractivity contribution in [1.82, 2.24) is 19.2 Å². The van der Waals surface area contributed by atoms with Gasteiger partial charge in [-0.3, -0.25) is 9.11 Å². The van der Waals surface area contributed by atoms with E-state index in [1.807, 2.05) is 19.9 Å². The minimum Gasteiger partial charge on any atom is -0.478 e. The zero-order valence-corrected chi connectivity index (χ0v) is 23.6. The fraction of sp³-hybridized carbons (Fsp3) is 0.345. The largest absolute Gasteiger partial charge is 0.478 e. The Kier molecular flexibility index (Phi) is 6.96. The molecule has 2 aliphatic rings. The van der Waals surface area contributed by atoms with Crippen molar-refractivity contribution in [3.8, 4) is 5.69 Å².